The molecule has 1 N–H and O–H groups in total. The minimum atomic E-state index is -0.789. The van der Waals surface area contributed by atoms with E-state index in [0.717, 1.165) is 28.3 Å². The zero-order valence-electron chi connectivity index (χ0n) is 10.5. The number of carboxylic acids is 1. The van der Waals surface area contributed by atoms with Crippen LogP contribution in [0.3, 0.4) is 0 Å². The van der Waals surface area contributed by atoms with Gasteiger partial charge in [0.25, 0.3) is 0 Å². The smallest absolute Gasteiger partial charge is 0.312 e. The van der Waals surface area contributed by atoms with E-state index in [1.807, 2.05) is 6.92 Å². The van der Waals surface area contributed by atoms with Crippen LogP contribution in [0.2, 0.25) is 0 Å². The Morgan fingerprint density at radius 3 is 2.84 bits per heavy atom. The Balaban J connectivity index is 2.02. The third-order valence-corrected chi connectivity index (χ3v) is 4.35. The van der Waals surface area contributed by atoms with Crippen molar-refractivity contribution in [3.05, 3.63) is 28.5 Å². The molecule has 2 heterocycles. The van der Waals surface area contributed by atoms with Gasteiger partial charge in [-0.1, -0.05) is 0 Å². The monoisotopic (exact) mass is 275 g/mol. The molecule has 0 aliphatic heterocycles. The minimum Gasteiger partial charge on any atom is -0.481 e. The van der Waals surface area contributed by atoms with Crippen LogP contribution in [0.4, 0.5) is 0 Å². The maximum absolute atomic E-state index is 11.2. The number of carbonyl (C=O) groups is 1. The van der Waals surface area contributed by atoms with Crippen molar-refractivity contribution in [2.24, 2.45) is 0 Å². The summed E-state index contributed by atoms with van der Waals surface area (Å²) in [5, 5.41) is 9.96. The fourth-order valence-electron chi connectivity index (χ4n) is 2.26. The van der Waals surface area contributed by atoms with Crippen LogP contribution in [0, 0.1) is 6.92 Å². The molecule has 98 valence electrons. The fourth-order valence-corrected chi connectivity index (χ4v) is 3.37. The highest BCUT2D eigenvalue weighted by atomic mass is 32.1. The molecule has 5 nitrogen and oxygen atoms in total. The molecule has 0 saturated carbocycles. The van der Waals surface area contributed by atoms with Gasteiger partial charge in [-0.25, -0.2) is 15.0 Å². The van der Waals surface area contributed by atoms with Crippen LogP contribution < -0.4 is 0 Å². The van der Waals surface area contributed by atoms with Crippen molar-refractivity contribution in [2.45, 2.75) is 32.1 Å². The molecule has 0 saturated heterocycles. The van der Waals surface area contributed by atoms with Gasteiger partial charge >= 0.3 is 5.97 Å². The zero-order chi connectivity index (χ0) is 13.4. The van der Waals surface area contributed by atoms with Crippen molar-refractivity contribution in [2.75, 3.05) is 0 Å². The van der Waals surface area contributed by atoms with E-state index in [4.69, 9.17) is 0 Å². The SMILES string of the molecule is Cc1cnc(-c2nc3c(s2)CCCC3C(=O)O)nc1. The molecule has 0 radical (unpaired) electrons. The standard InChI is InChI=1S/C13H13N3O2S/c1-7-5-14-11(15-6-7)12-16-10-8(13(17)18)3-2-4-9(10)19-12/h5-6,8H,2-4H2,1H3,(H,17,18). The molecule has 6 heteroatoms. The number of aryl methyl sites for hydroxylation is 2. The van der Waals surface area contributed by atoms with E-state index in [1.54, 1.807) is 12.4 Å². The first-order valence-electron chi connectivity index (χ1n) is 6.16. The number of aliphatic carboxylic acids is 1. The first kappa shape index (κ1) is 12.2. The zero-order valence-corrected chi connectivity index (χ0v) is 11.3. The first-order chi connectivity index (χ1) is 9.15. The van der Waals surface area contributed by atoms with Crippen molar-refractivity contribution < 1.29 is 9.90 Å². The number of hydrogen-bond donors (Lipinski definition) is 1. The predicted octanol–water partition coefficient (Wildman–Crippen LogP) is 2.41. The Bertz CT molecular complexity index is 621. The summed E-state index contributed by atoms with van der Waals surface area (Å²) in [6, 6.07) is 0. The van der Waals surface area contributed by atoms with Gasteiger partial charge in [-0.3, -0.25) is 4.79 Å². The molecule has 0 bridgehead atoms. The summed E-state index contributed by atoms with van der Waals surface area (Å²) in [6.45, 7) is 1.93. The van der Waals surface area contributed by atoms with E-state index in [1.165, 1.54) is 11.3 Å². The largest absolute Gasteiger partial charge is 0.481 e. The van der Waals surface area contributed by atoms with Gasteiger partial charge in [0, 0.05) is 17.3 Å². The Morgan fingerprint density at radius 2 is 2.16 bits per heavy atom. The van der Waals surface area contributed by atoms with Crippen LogP contribution in [-0.4, -0.2) is 26.0 Å². The van der Waals surface area contributed by atoms with E-state index < -0.39 is 11.9 Å². The number of carboxylic acid groups (broad SMARTS) is 1. The third-order valence-electron chi connectivity index (χ3n) is 3.22. The topological polar surface area (TPSA) is 76.0 Å². The molecule has 19 heavy (non-hydrogen) atoms. The molecule has 2 aromatic heterocycles. The van der Waals surface area contributed by atoms with Crippen LogP contribution >= 0.6 is 11.3 Å². The molecule has 1 aliphatic carbocycles. The van der Waals surface area contributed by atoms with Crippen LogP contribution in [-0.2, 0) is 11.2 Å². The van der Waals surface area contributed by atoms with E-state index >= 15 is 0 Å². The van der Waals surface area contributed by atoms with Crippen molar-refractivity contribution in [1.29, 1.82) is 0 Å². The lowest BCUT2D eigenvalue weighted by atomic mass is 9.91. The van der Waals surface area contributed by atoms with E-state index in [9.17, 15) is 9.90 Å². The molecular weight excluding hydrogens is 262 g/mol. The number of fused-ring (bicyclic) bond motifs is 1. The Morgan fingerprint density at radius 1 is 1.42 bits per heavy atom. The van der Waals surface area contributed by atoms with E-state index in [0.29, 0.717) is 17.9 Å². The number of aromatic nitrogens is 3. The average molecular weight is 275 g/mol. The van der Waals surface area contributed by atoms with Crippen LogP contribution in [0.15, 0.2) is 12.4 Å². The lowest BCUT2D eigenvalue weighted by molar-refractivity contribution is -0.139. The summed E-state index contributed by atoms with van der Waals surface area (Å²) in [5.41, 5.74) is 1.71. The third kappa shape index (κ3) is 2.23. The molecule has 1 aliphatic rings. The van der Waals surface area contributed by atoms with Gasteiger partial charge in [0.05, 0.1) is 5.69 Å². The van der Waals surface area contributed by atoms with Gasteiger partial charge in [-0.2, -0.15) is 0 Å². The highest BCUT2D eigenvalue weighted by Crippen LogP contribution is 2.37. The van der Waals surface area contributed by atoms with E-state index in [2.05, 4.69) is 15.0 Å². The molecule has 0 aromatic carbocycles. The summed E-state index contributed by atoms with van der Waals surface area (Å²) in [4.78, 5) is 25.3. The van der Waals surface area contributed by atoms with Gasteiger partial charge in [0.1, 0.15) is 5.92 Å². The van der Waals surface area contributed by atoms with Gasteiger partial charge in [0.2, 0.25) is 0 Å². The Labute approximate surface area is 114 Å². The fraction of sp³-hybridized carbons (Fsp3) is 0.385. The van der Waals surface area contributed by atoms with Crippen molar-refractivity contribution >= 4 is 17.3 Å². The summed E-state index contributed by atoms with van der Waals surface area (Å²) < 4.78 is 0. The molecule has 0 fully saturated rings. The second-order valence-electron chi connectivity index (χ2n) is 4.69. The maximum Gasteiger partial charge on any atom is 0.312 e. The average Bonchev–Trinajstić information content (AvgIpc) is 2.82. The normalized spacial score (nSPS) is 18.1. The van der Waals surface area contributed by atoms with Crippen molar-refractivity contribution in [3.63, 3.8) is 0 Å². The van der Waals surface area contributed by atoms with Crippen LogP contribution in [0.25, 0.3) is 10.8 Å². The second kappa shape index (κ2) is 4.70. The van der Waals surface area contributed by atoms with Gasteiger partial charge in [0.15, 0.2) is 10.8 Å². The maximum atomic E-state index is 11.2. The molecule has 1 atom stereocenters. The molecule has 0 spiro atoms. The Hall–Kier alpha value is -1.82. The number of nitrogens with zero attached hydrogens (tertiary/aromatic N) is 3. The lowest BCUT2D eigenvalue weighted by Crippen LogP contribution is -2.17. The van der Waals surface area contributed by atoms with Gasteiger partial charge in [-0.05, 0) is 31.7 Å². The van der Waals surface area contributed by atoms with E-state index in [-0.39, 0.29) is 0 Å². The highest BCUT2D eigenvalue weighted by molar-refractivity contribution is 7.15. The van der Waals surface area contributed by atoms with Gasteiger partial charge < -0.3 is 5.11 Å². The lowest BCUT2D eigenvalue weighted by Gasteiger charge is -2.16. The highest BCUT2D eigenvalue weighted by Gasteiger charge is 2.30. The van der Waals surface area contributed by atoms with Crippen molar-refractivity contribution in [3.8, 4) is 10.8 Å². The molecule has 0 amide bonds. The minimum absolute atomic E-state index is 0.473. The number of rotatable bonds is 2. The number of thiazole rings is 1. The summed E-state index contributed by atoms with van der Waals surface area (Å²) >= 11 is 1.52. The summed E-state index contributed by atoms with van der Waals surface area (Å²) in [7, 11) is 0. The molecule has 1 unspecified atom stereocenters. The molecule has 3 rings (SSSR count). The predicted molar refractivity (Wildman–Crippen MR) is 71.2 cm³/mol. The summed E-state index contributed by atoms with van der Waals surface area (Å²) in [5.74, 6) is -0.684. The number of hydrogen-bond acceptors (Lipinski definition) is 5. The molecule has 2 aromatic rings. The summed E-state index contributed by atoms with van der Waals surface area (Å²) in [6.07, 6.45) is 5.97. The van der Waals surface area contributed by atoms with Crippen LogP contribution in [0.1, 0.15) is 34.9 Å². The van der Waals surface area contributed by atoms with Crippen LogP contribution in [0.5, 0.6) is 0 Å². The quantitative estimate of drug-likeness (QED) is 0.910. The van der Waals surface area contributed by atoms with Gasteiger partial charge in [-0.15, -0.1) is 11.3 Å². The van der Waals surface area contributed by atoms with Crippen molar-refractivity contribution in [1.82, 2.24) is 15.0 Å². The molecular formula is C13H13N3O2S. The first-order valence-corrected chi connectivity index (χ1v) is 6.98. The Kier molecular flexibility index (Phi) is 3.02. The second-order valence-corrected chi connectivity index (χ2v) is 5.78.